The predicted molar refractivity (Wildman–Crippen MR) is 138 cm³/mol. The Kier molecular flexibility index (Phi) is 6.68. The zero-order valence-corrected chi connectivity index (χ0v) is 22.2. The fraction of sp³-hybridized carbons (Fsp3) is 0.839. The lowest BCUT2D eigenvalue weighted by Gasteiger charge is -2.62. The Morgan fingerprint density at radius 1 is 0.971 bits per heavy atom. The van der Waals surface area contributed by atoms with Crippen LogP contribution < -0.4 is 0 Å². The van der Waals surface area contributed by atoms with Gasteiger partial charge in [-0.2, -0.15) is 0 Å². The van der Waals surface area contributed by atoms with Gasteiger partial charge in [-0.25, -0.2) is 0 Å². The number of pyridine rings is 1. The third-order valence-corrected chi connectivity index (χ3v) is 12.2. The van der Waals surface area contributed by atoms with E-state index in [1.54, 1.807) is 6.20 Å². The Bertz CT molecular complexity index is 843. The fourth-order valence-electron chi connectivity index (χ4n) is 9.96. The Hall–Kier alpha value is -0.930. The third kappa shape index (κ3) is 4.07. The maximum atomic E-state index is 11.1. The highest BCUT2D eigenvalue weighted by Crippen LogP contribution is 2.69. The van der Waals surface area contributed by atoms with Crippen LogP contribution in [0.2, 0.25) is 0 Å². The molecule has 4 saturated carbocycles. The molecule has 5 rings (SSSR count). The lowest BCUT2D eigenvalue weighted by Crippen LogP contribution is -2.56. The summed E-state index contributed by atoms with van der Waals surface area (Å²) in [5.41, 5.74) is 1.34. The first-order valence-electron chi connectivity index (χ1n) is 14.5. The van der Waals surface area contributed by atoms with Crippen LogP contribution in [0.4, 0.5) is 0 Å². The molecule has 1 heterocycles. The highest BCUT2D eigenvalue weighted by molar-refractivity contribution is 5.11. The summed E-state index contributed by atoms with van der Waals surface area (Å²) in [5, 5.41) is 21.7. The van der Waals surface area contributed by atoms with Gasteiger partial charge in [-0.15, -0.1) is 0 Å². The molecule has 4 aliphatic carbocycles. The highest BCUT2D eigenvalue weighted by atomic mass is 16.3. The zero-order chi connectivity index (χ0) is 24.1. The van der Waals surface area contributed by atoms with Crippen LogP contribution >= 0.6 is 0 Å². The topological polar surface area (TPSA) is 53.4 Å². The van der Waals surface area contributed by atoms with Crippen LogP contribution in [0.3, 0.4) is 0 Å². The van der Waals surface area contributed by atoms with Crippen LogP contribution in [-0.2, 0) is 0 Å². The van der Waals surface area contributed by atoms with Crippen molar-refractivity contribution in [3.8, 4) is 0 Å². The summed E-state index contributed by atoms with van der Waals surface area (Å²) in [5.74, 6) is 4.81. The molecule has 0 aliphatic heterocycles. The van der Waals surface area contributed by atoms with Crippen molar-refractivity contribution in [1.82, 2.24) is 4.98 Å². The van der Waals surface area contributed by atoms with Crippen molar-refractivity contribution < 1.29 is 10.2 Å². The first-order valence-corrected chi connectivity index (χ1v) is 14.5. The largest absolute Gasteiger partial charge is 0.390 e. The molecule has 3 heteroatoms. The van der Waals surface area contributed by atoms with E-state index in [9.17, 15) is 10.2 Å². The molecule has 0 amide bonds. The van der Waals surface area contributed by atoms with Crippen LogP contribution in [0.15, 0.2) is 24.4 Å². The van der Waals surface area contributed by atoms with Crippen molar-refractivity contribution >= 4 is 0 Å². The number of rotatable bonds is 6. The quantitative estimate of drug-likeness (QED) is 0.460. The van der Waals surface area contributed by atoms with Crippen LogP contribution in [0.1, 0.15) is 117 Å². The monoisotopic (exact) mass is 467 g/mol. The minimum Gasteiger partial charge on any atom is -0.390 e. The minimum absolute atomic E-state index is 0.395. The van der Waals surface area contributed by atoms with Gasteiger partial charge in [0.2, 0.25) is 0 Å². The zero-order valence-electron chi connectivity index (χ0n) is 22.2. The first-order chi connectivity index (χ1) is 16.2. The molecule has 34 heavy (non-hydrogen) atoms. The highest BCUT2D eigenvalue weighted by Gasteiger charge is 2.61. The number of hydrogen-bond donors (Lipinski definition) is 2. The van der Waals surface area contributed by atoms with Gasteiger partial charge in [-0.3, -0.25) is 4.98 Å². The third-order valence-electron chi connectivity index (χ3n) is 12.2. The number of nitrogens with zero attached hydrogens (tertiary/aromatic N) is 1. The van der Waals surface area contributed by atoms with Gasteiger partial charge in [-0.1, -0.05) is 33.8 Å². The van der Waals surface area contributed by atoms with E-state index >= 15 is 0 Å². The molecular weight excluding hydrogens is 418 g/mol. The smallest absolute Gasteiger partial charge is 0.0959 e. The summed E-state index contributed by atoms with van der Waals surface area (Å²) in [4.78, 5) is 4.37. The maximum Gasteiger partial charge on any atom is 0.0959 e. The Balaban J connectivity index is 1.25. The van der Waals surface area contributed by atoms with E-state index in [0.29, 0.717) is 16.7 Å². The molecule has 3 nitrogen and oxygen atoms in total. The van der Waals surface area contributed by atoms with E-state index in [1.165, 1.54) is 44.9 Å². The van der Waals surface area contributed by atoms with Gasteiger partial charge in [0.25, 0.3) is 0 Å². The maximum absolute atomic E-state index is 11.1. The molecule has 0 saturated heterocycles. The van der Waals surface area contributed by atoms with Crippen LogP contribution in [0, 0.1) is 46.3 Å². The Labute approximate surface area is 208 Å². The van der Waals surface area contributed by atoms with Gasteiger partial charge in [0.1, 0.15) is 0 Å². The molecule has 0 unspecified atom stereocenters. The van der Waals surface area contributed by atoms with E-state index in [2.05, 4.69) is 32.7 Å². The Morgan fingerprint density at radius 2 is 1.76 bits per heavy atom. The first kappa shape index (κ1) is 24.8. The molecular formula is C31H49NO2. The molecule has 4 fully saturated rings. The molecule has 0 radical (unpaired) electrons. The lowest BCUT2D eigenvalue weighted by atomic mass is 9.43. The number of aromatic nitrogens is 1. The number of aliphatic hydroxyl groups is 2. The standard InChI is InChI=1S/C31H49NO2/c1-5-31(34)18-17-29(3)22(20-31)10-11-23-25-13-12-24(30(25,4)16-15-26(23)29)21(2)9-14-28(33)27-8-6-7-19-32-27/h6-8,19,21-26,28,33-34H,5,9-18,20H2,1-4H3/t21-,22+,23+,24-,25+,26+,28-,29+,30-,31+/m1/s1. The number of fused-ring (bicyclic) bond motifs is 5. The average molecular weight is 468 g/mol. The molecule has 1 aromatic rings. The van der Waals surface area contributed by atoms with Crippen molar-refractivity contribution in [2.75, 3.05) is 0 Å². The summed E-state index contributed by atoms with van der Waals surface area (Å²) in [6.07, 6.45) is 15.8. The molecule has 0 spiro atoms. The van der Waals surface area contributed by atoms with E-state index in [4.69, 9.17) is 0 Å². The van der Waals surface area contributed by atoms with Crippen molar-refractivity contribution in [3.05, 3.63) is 30.1 Å². The van der Waals surface area contributed by atoms with Gasteiger partial charge in [-0.05, 0) is 136 Å². The second kappa shape index (κ2) is 9.18. The van der Waals surface area contributed by atoms with Crippen LogP contribution in [0.25, 0.3) is 0 Å². The summed E-state index contributed by atoms with van der Waals surface area (Å²) in [7, 11) is 0. The lowest BCUT2D eigenvalue weighted by molar-refractivity contribution is -0.152. The van der Waals surface area contributed by atoms with Crippen molar-refractivity contribution in [2.45, 2.75) is 116 Å². The molecule has 10 atom stereocenters. The van der Waals surface area contributed by atoms with Gasteiger partial charge >= 0.3 is 0 Å². The van der Waals surface area contributed by atoms with Crippen molar-refractivity contribution in [3.63, 3.8) is 0 Å². The van der Waals surface area contributed by atoms with Crippen molar-refractivity contribution in [2.24, 2.45) is 46.3 Å². The summed E-state index contributed by atoms with van der Waals surface area (Å²) < 4.78 is 0. The fourth-order valence-corrected chi connectivity index (χ4v) is 9.96. The Morgan fingerprint density at radius 3 is 2.50 bits per heavy atom. The molecule has 0 aromatic carbocycles. The second-order valence-corrected chi connectivity index (χ2v) is 13.5. The second-order valence-electron chi connectivity index (χ2n) is 13.5. The van der Waals surface area contributed by atoms with Gasteiger partial charge in [0.05, 0.1) is 17.4 Å². The normalized spacial score (nSPS) is 45.6. The van der Waals surface area contributed by atoms with Crippen LogP contribution in [0.5, 0.6) is 0 Å². The van der Waals surface area contributed by atoms with Crippen molar-refractivity contribution in [1.29, 1.82) is 0 Å². The molecule has 190 valence electrons. The van der Waals surface area contributed by atoms with Gasteiger partial charge in [0.15, 0.2) is 0 Å². The van der Waals surface area contributed by atoms with Gasteiger partial charge < -0.3 is 10.2 Å². The summed E-state index contributed by atoms with van der Waals surface area (Å²) in [6, 6.07) is 5.84. The predicted octanol–water partition coefficient (Wildman–Crippen LogP) is 7.33. The van der Waals surface area contributed by atoms with Gasteiger partial charge in [0, 0.05) is 6.20 Å². The number of hydrogen-bond acceptors (Lipinski definition) is 3. The number of aliphatic hydroxyl groups excluding tert-OH is 1. The summed E-state index contributed by atoms with van der Waals surface area (Å²) >= 11 is 0. The van der Waals surface area contributed by atoms with Crippen LogP contribution in [-0.4, -0.2) is 20.8 Å². The van der Waals surface area contributed by atoms with E-state index in [1.807, 2.05) is 18.2 Å². The SMILES string of the molecule is CC[C@]1(O)CC[C@@]2(C)[C@@H](CC[C@@H]3[C@@H]2CC[C@]2(C)[C@@H]([C@H](C)CC[C@@H](O)c4ccccn4)CC[C@@H]32)C1. The molecule has 2 N–H and O–H groups in total. The summed E-state index contributed by atoms with van der Waals surface area (Å²) in [6.45, 7) is 9.89. The minimum atomic E-state index is -0.437. The average Bonchev–Trinajstić information content (AvgIpc) is 3.20. The van der Waals surface area contributed by atoms with E-state index in [-0.39, 0.29) is 0 Å². The van der Waals surface area contributed by atoms with E-state index in [0.717, 1.165) is 67.4 Å². The molecule has 4 aliphatic rings. The molecule has 1 aromatic heterocycles. The molecule has 0 bridgehead atoms. The van der Waals surface area contributed by atoms with E-state index < -0.39 is 11.7 Å².